The van der Waals surface area contributed by atoms with Crippen molar-refractivity contribution in [3.05, 3.63) is 53.7 Å². The Hall–Kier alpha value is -2.50. The maximum Gasteiger partial charge on any atom is 0.271 e. The van der Waals surface area contributed by atoms with E-state index >= 15 is 0 Å². The predicted molar refractivity (Wildman–Crippen MR) is 90.3 cm³/mol. The number of halogens is 1. The quantitative estimate of drug-likeness (QED) is 0.855. The van der Waals surface area contributed by atoms with Gasteiger partial charge in [-0.2, -0.15) is 0 Å². The molecule has 0 atom stereocenters. The van der Waals surface area contributed by atoms with E-state index in [1.807, 2.05) is 0 Å². The molecule has 1 aromatic heterocycles. The molecule has 1 aliphatic carbocycles. The molecule has 2 aromatic rings. The minimum Gasteiger partial charge on any atom is -0.366 e. The van der Waals surface area contributed by atoms with Crippen LogP contribution in [0.2, 0.25) is 0 Å². The molecule has 0 saturated heterocycles. The number of hydrogen-bond acceptors (Lipinski definition) is 4. The Labute approximate surface area is 140 Å². The molecule has 0 bridgehead atoms. The Morgan fingerprint density at radius 2 is 1.88 bits per heavy atom. The SMILES string of the molecule is O=C(NCCc1ccc(F)cc1)c1cnc(NC2CCCC2)cn1. The van der Waals surface area contributed by atoms with Gasteiger partial charge in [0.25, 0.3) is 5.91 Å². The number of benzene rings is 1. The topological polar surface area (TPSA) is 66.9 Å². The van der Waals surface area contributed by atoms with Gasteiger partial charge in [0.05, 0.1) is 12.4 Å². The summed E-state index contributed by atoms with van der Waals surface area (Å²) in [7, 11) is 0. The summed E-state index contributed by atoms with van der Waals surface area (Å²) in [6.07, 6.45) is 8.55. The molecular formula is C18H21FN4O. The number of carbonyl (C=O) groups is 1. The molecule has 5 nitrogen and oxygen atoms in total. The Morgan fingerprint density at radius 3 is 2.54 bits per heavy atom. The van der Waals surface area contributed by atoms with Crippen LogP contribution in [0.25, 0.3) is 0 Å². The van der Waals surface area contributed by atoms with Crippen molar-refractivity contribution in [1.82, 2.24) is 15.3 Å². The molecule has 0 spiro atoms. The normalized spacial score (nSPS) is 14.5. The van der Waals surface area contributed by atoms with Crippen LogP contribution in [0.5, 0.6) is 0 Å². The van der Waals surface area contributed by atoms with Gasteiger partial charge in [0.15, 0.2) is 0 Å². The summed E-state index contributed by atoms with van der Waals surface area (Å²) in [4.78, 5) is 20.5. The molecule has 1 amide bonds. The Bertz CT molecular complexity index is 666. The van der Waals surface area contributed by atoms with E-state index in [1.54, 1.807) is 18.3 Å². The summed E-state index contributed by atoms with van der Waals surface area (Å²) < 4.78 is 12.8. The summed E-state index contributed by atoms with van der Waals surface area (Å²) in [6, 6.07) is 6.72. The maximum atomic E-state index is 12.8. The molecule has 24 heavy (non-hydrogen) atoms. The highest BCUT2D eigenvalue weighted by Gasteiger charge is 2.15. The fourth-order valence-corrected chi connectivity index (χ4v) is 2.86. The zero-order chi connectivity index (χ0) is 16.8. The van der Waals surface area contributed by atoms with Gasteiger partial charge in [-0.15, -0.1) is 0 Å². The summed E-state index contributed by atoms with van der Waals surface area (Å²) in [5.74, 6) is 0.200. The van der Waals surface area contributed by atoms with Gasteiger partial charge in [0.1, 0.15) is 17.3 Å². The van der Waals surface area contributed by atoms with E-state index < -0.39 is 0 Å². The van der Waals surface area contributed by atoms with Crippen LogP contribution in [0.15, 0.2) is 36.7 Å². The van der Waals surface area contributed by atoms with Crippen molar-refractivity contribution in [3.63, 3.8) is 0 Å². The van der Waals surface area contributed by atoms with Gasteiger partial charge in [-0.05, 0) is 37.0 Å². The zero-order valence-electron chi connectivity index (χ0n) is 13.5. The van der Waals surface area contributed by atoms with E-state index in [9.17, 15) is 9.18 Å². The highest BCUT2D eigenvalue weighted by molar-refractivity contribution is 5.91. The largest absolute Gasteiger partial charge is 0.366 e. The van der Waals surface area contributed by atoms with Crippen molar-refractivity contribution >= 4 is 11.7 Å². The summed E-state index contributed by atoms with van der Waals surface area (Å²) in [5, 5.41) is 6.14. The lowest BCUT2D eigenvalue weighted by molar-refractivity contribution is 0.0949. The van der Waals surface area contributed by atoms with Crippen LogP contribution in [0, 0.1) is 5.82 Å². The smallest absolute Gasteiger partial charge is 0.271 e. The molecule has 1 aliphatic rings. The molecule has 0 unspecified atom stereocenters. The summed E-state index contributed by atoms with van der Waals surface area (Å²) in [6.45, 7) is 0.466. The fourth-order valence-electron chi connectivity index (χ4n) is 2.86. The van der Waals surface area contributed by atoms with E-state index in [0.717, 1.165) is 18.4 Å². The number of nitrogens with zero attached hydrogens (tertiary/aromatic N) is 2. The average molecular weight is 328 g/mol. The zero-order valence-corrected chi connectivity index (χ0v) is 13.5. The highest BCUT2D eigenvalue weighted by atomic mass is 19.1. The van der Waals surface area contributed by atoms with E-state index in [4.69, 9.17) is 0 Å². The van der Waals surface area contributed by atoms with E-state index in [-0.39, 0.29) is 11.7 Å². The third-order valence-corrected chi connectivity index (χ3v) is 4.20. The third kappa shape index (κ3) is 4.50. The van der Waals surface area contributed by atoms with Gasteiger partial charge in [0, 0.05) is 12.6 Å². The Kier molecular flexibility index (Phi) is 5.36. The molecule has 1 aromatic carbocycles. The molecule has 1 heterocycles. The molecule has 1 fully saturated rings. The van der Waals surface area contributed by atoms with Gasteiger partial charge in [-0.3, -0.25) is 4.79 Å². The molecule has 126 valence electrons. The van der Waals surface area contributed by atoms with Crippen LogP contribution in [-0.2, 0) is 6.42 Å². The number of rotatable bonds is 6. The van der Waals surface area contributed by atoms with Gasteiger partial charge in [-0.1, -0.05) is 25.0 Å². The minimum absolute atomic E-state index is 0.253. The maximum absolute atomic E-state index is 12.8. The number of carbonyl (C=O) groups excluding carboxylic acids is 1. The van der Waals surface area contributed by atoms with Crippen molar-refractivity contribution in [1.29, 1.82) is 0 Å². The van der Waals surface area contributed by atoms with E-state index in [1.165, 1.54) is 31.2 Å². The van der Waals surface area contributed by atoms with E-state index in [0.29, 0.717) is 30.5 Å². The first-order valence-electron chi connectivity index (χ1n) is 8.32. The fraction of sp³-hybridized carbons (Fsp3) is 0.389. The van der Waals surface area contributed by atoms with Crippen molar-refractivity contribution in [2.24, 2.45) is 0 Å². The molecule has 2 N–H and O–H groups in total. The molecule has 1 saturated carbocycles. The van der Waals surface area contributed by atoms with Crippen LogP contribution in [0.4, 0.5) is 10.2 Å². The number of hydrogen-bond donors (Lipinski definition) is 2. The van der Waals surface area contributed by atoms with Gasteiger partial charge < -0.3 is 10.6 Å². The van der Waals surface area contributed by atoms with Crippen molar-refractivity contribution in [2.45, 2.75) is 38.1 Å². The first kappa shape index (κ1) is 16.4. The van der Waals surface area contributed by atoms with Crippen molar-refractivity contribution < 1.29 is 9.18 Å². The lowest BCUT2D eigenvalue weighted by Crippen LogP contribution is -2.27. The summed E-state index contributed by atoms with van der Waals surface area (Å²) in [5.41, 5.74) is 1.27. The second-order valence-electron chi connectivity index (χ2n) is 6.04. The van der Waals surface area contributed by atoms with Crippen LogP contribution >= 0.6 is 0 Å². The third-order valence-electron chi connectivity index (χ3n) is 4.20. The number of anilines is 1. The van der Waals surface area contributed by atoms with E-state index in [2.05, 4.69) is 20.6 Å². The van der Waals surface area contributed by atoms with Crippen LogP contribution in [-0.4, -0.2) is 28.5 Å². The average Bonchev–Trinajstić information content (AvgIpc) is 3.10. The second kappa shape index (κ2) is 7.86. The van der Waals surface area contributed by atoms with Crippen LogP contribution in [0.3, 0.4) is 0 Å². The lowest BCUT2D eigenvalue weighted by Gasteiger charge is -2.12. The second-order valence-corrected chi connectivity index (χ2v) is 6.04. The predicted octanol–water partition coefficient (Wildman–Crippen LogP) is 2.94. The Balaban J connectivity index is 1.46. The molecular weight excluding hydrogens is 307 g/mol. The lowest BCUT2D eigenvalue weighted by atomic mass is 10.1. The molecule has 3 rings (SSSR count). The van der Waals surface area contributed by atoms with Crippen LogP contribution in [0.1, 0.15) is 41.7 Å². The number of aromatic nitrogens is 2. The first-order chi connectivity index (χ1) is 11.7. The molecule has 0 aliphatic heterocycles. The molecule has 0 radical (unpaired) electrons. The van der Waals surface area contributed by atoms with Crippen molar-refractivity contribution in [3.8, 4) is 0 Å². The molecule has 6 heteroatoms. The Morgan fingerprint density at radius 1 is 1.12 bits per heavy atom. The van der Waals surface area contributed by atoms with Gasteiger partial charge in [-0.25, -0.2) is 14.4 Å². The highest BCUT2D eigenvalue weighted by Crippen LogP contribution is 2.20. The van der Waals surface area contributed by atoms with Crippen molar-refractivity contribution in [2.75, 3.05) is 11.9 Å². The van der Waals surface area contributed by atoms with Gasteiger partial charge >= 0.3 is 0 Å². The first-order valence-corrected chi connectivity index (χ1v) is 8.32. The number of nitrogens with one attached hydrogen (secondary N) is 2. The number of amides is 1. The minimum atomic E-state index is -0.260. The van der Waals surface area contributed by atoms with Crippen LogP contribution < -0.4 is 10.6 Å². The summed E-state index contributed by atoms with van der Waals surface area (Å²) >= 11 is 0. The monoisotopic (exact) mass is 328 g/mol. The van der Waals surface area contributed by atoms with Gasteiger partial charge in [0.2, 0.25) is 0 Å². The standard InChI is InChI=1S/C18H21FN4O/c19-14-7-5-13(6-8-14)9-10-20-18(24)16-11-22-17(12-21-16)23-15-3-1-2-4-15/h5-8,11-12,15H,1-4,9-10H2,(H,20,24)(H,22,23).